The molecule has 2 aromatic carbocycles. The van der Waals surface area contributed by atoms with Crippen LogP contribution in [-0.4, -0.2) is 36.2 Å². The Balaban J connectivity index is 1.58. The van der Waals surface area contributed by atoms with Gasteiger partial charge in [-0.1, -0.05) is 36.0 Å². The van der Waals surface area contributed by atoms with Crippen LogP contribution in [0.3, 0.4) is 0 Å². The molecule has 130 valence electrons. The lowest BCUT2D eigenvalue weighted by molar-refractivity contribution is -0.126. The summed E-state index contributed by atoms with van der Waals surface area (Å²) in [5, 5.41) is 0.739. The molecule has 6 heteroatoms. The van der Waals surface area contributed by atoms with Crippen LogP contribution in [0.5, 0.6) is 5.75 Å². The molecule has 1 aliphatic rings. The Morgan fingerprint density at radius 1 is 1.16 bits per heavy atom. The largest absolute Gasteiger partial charge is 0.497 e. The highest BCUT2D eigenvalue weighted by Gasteiger charge is 2.24. The van der Waals surface area contributed by atoms with Crippen molar-refractivity contribution in [3.8, 4) is 5.75 Å². The van der Waals surface area contributed by atoms with Crippen molar-refractivity contribution in [2.45, 2.75) is 12.2 Å². The number of hydrogen-bond donors (Lipinski definition) is 0. The number of amides is 1. The first kappa shape index (κ1) is 17.5. The van der Waals surface area contributed by atoms with Gasteiger partial charge in [-0.15, -0.1) is 0 Å². The standard InChI is InChI=1S/C19H19FN2O2S/c1-24-17-8-4-14(5-9-17)12-18(23)22-11-10-21-19(22)25-13-15-2-6-16(20)7-3-15/h2-9H,10-13H2,1H3. The van der Waals surface area contributed by atoms with Crippen LogP contribution in [0.4, 0.5) is 4.39 Å². The highest BCUT2D eigenvalue weighted by Crippen LogP contribution is 2.21. The zero-order valence-electron chi connectivity index (χ0n) is 13.9. The Labute approximate surface area is 150 Å². The zero-order valence-corrected chi connectivity index (χ0v) is 14.8. The first-order chi connectivity index (χ1) is 12.2. The molecule has 0 saturated heterocycles. The highest BCUT2D eigenvalue weighted by atomic mass is 32.2. The van der Waals surface area contributed by atoms with Crippen molar-refractivity contribution in [3.63, 3.8) is 0 Å². The Morgan fingerprint density at radius 3 is 2.52 bits per heavy atom. The maximum atomic E-state index is 13.0. The van der Waals surface area contributed by atoms with Crippen LogP contribution in [0.15, 0.2) is 53.5 Å². The normalized spacial score (nSPS) is 13.7. The fourth-order valence-electron chi connectivity index (χ4n) is 2.52. The van der Waals surface area contributed by atoms with E-state index >= 15 is 0 Å². The average molecular weight is 358 g/mol. The molecule has 0 aromatic heterocycles. The van der Waals surface area contributed by atoms with E-state index in [-0.39, 0.29) is 11.7 Å². The summed E-state index contributed by atoms with van der Waals surface area (Å²) in [5.74, 6) is 1.22. The number of hydrogen-bond acceptors (Lipinski definition) is 4. The summed E-state index contributed by atoms with van der Waals surface area (Å²) in [7, 11) is 1.62. The van der Waals surface area contributed by atoms with Crippen molar-refractivity contribution >= 4 is 22.8 Å². The van der Waals surface area contributed by atoms with Gasteiger partial charge in [-0.25, -0.2) is 4.39 Å². The number of ether oxygens (including phenoxy) is 1. The molecule has 3 rings (SSSR count). The predicted octanol–water partition coefficient (Wildman–Crippen LogP) is 3.51. The fraction of sp³-hybridized carbons (Fsp3) is 0.263. The Bertz CT molecular complexity index is 760. The Hall–Kier alpha value is -2.34. The van der Waals surface area contributed by atoms with E-state index in [2.05, 4.69) is 4.99 Å². The molecule has 4 nitrogen and oxygen atoms in total. The van der Waals surface area contributed by atoms with E-state index in [1.165, 1.54) is 23.9 Å². The number of carbonyl (C=O) groups excluding carboxylic acids is 1. The number of carbonyl (C=O) groups is 1. The molecule has 1 heterocycles. The van der Waals surface area contributed by atoms with Gasteiger partial charge in [0.05, 0.1) is 20.1 Å². The van der Waals surface area contributed by atoms with E-state index in [4.69, 9.17) is 4.74 Å². The van der Waals surface area contributed by atoms with Crippen molar-refractivity contribution in [1.82, 2.24) is 4.90 Å². The molecule has 0 N–H and O–H groups in total. The molecule has 0 saturated carbocycles. The summed E-state index contributed by atoms with van der Waals surface area (Å²) in [6, 6.07) is 13.9. The van der Waals surface area contributed by atoms with Crippen molar-refractivity contribution in [3.05, 3.63) is 65.5 Å². The smallest absolute Gasteiger partial charge is 0.233 e. The van der Waals surface area contributed by atoms with E-state index in [1.807, 2.05) is 24.3 Å². The average Bonchev–Trinajstić information content (AvgIpc) is 3.10. The van der Waals surface area contributed by atoms with Gasteiger partial charge in [-0.3, -0.25) is 14.7 Å². The fourth-order valence-corrected chi connectivity index (χ4v) is 3.54. The third kappa shape index (κ3) is 4.60. The van der Waals surface area contributed by atoms with Gasteiger partial charge >= 0.3 is 0 Å². The molecule has 0 aliphatic carbocycles. The lowest BCUT2D eigenvalue weighted by Gasteiger charge is -2.18. The molecule has 1 aliphatic heterocycles. The summed E-state index contributed by atoms with van der Waals surface area (Å²) in [5.41, 5.74) is 1.95. The van der Waals surface area contributed by atoms with Gasteiger partial charge in [0.1, 0.15) is 11.6 Å². The van der Waals surface area contributed by atoms with E-state index < -0.39 is 0 Å². The SMILES string of the molecule is COc1ccc(CC(=O)N2CCN=C2SCc2ccc(F)cc2)cc1. The summed E-state index contributed by atoms with van der Waals surface area (Å²) in [4.78, 5) is 18.8. The second-order valence-corrected chi connectivity index (χ2v) is 6.59. The highest BCUT2D eigenvalue weighted by molar-refractivity contribution is 8.13. The topological polar surface area (TPSA) is 41.9 Å². The van der Waals surface area contributed by atoms with Gasteiger partial charge in [0.15, 0.2) is 5.17 Å². The molecule has 0 unspecified atom stereocenters. The second kappa shape index (κ2) is 8.16. The number of rotatable bonds is 5. The predicted molar refractivity (Wildman–Crippen MR) is 98.4 cm³/mol. The number of nitrogens with zero attached hydrogens (tertiary/aromatic N) is 2. The third-order valence-corrected chi connectivity index (χ3v) is 4.98. The second-order valence-electron chi connectivity index (χ2n) is 5.65. The minimum Gasteiger partial charge on any atom is -0.497 e. The lowest BCUT2D eigenvalue weighted by atomic mass is 10.1. The Kier molecular flexibility index (Phi) is 5.71. The minimum absolute atomic E-state index is 0.0352. The third-order valence-electron chi connectivity index (χ3n) is 3.90. The van der Waals surface area contributed by atoms with Gasteiger partial charge in [-0.2, -0.15) is 0 Å². The minimum atomic E-state index is -0.247. The zero-order chi connectivity index (χ0) is 17.6. The van der Waals surface area contributed by atoms with Gasteiger partial charge in [0, 0.05) is 12.3 Å². The Morgan fingerprint density at radius 2 is 1.84 bits per heavy atom. The van der Waals surface area contributed by atoms with Crippen LogP contribution in [0.2, 0.25) is 0 Å². The van der Waals surface area contributed by atoms with Crippen molar-refractivity contribution in [2.24, 2.45) is 4.99 Å². The lowest BCUT2D eigenvalue weighted by Crippen LogP contribution is -2.34. The number of thioether (sulfide) groups is 1. The van der Waals surface area contributed by atoms with Crippen molar-refractivity contribution in [2.75, 3.05) is 20.2 Å². The molecule has 0 radical (unpaired) electrons. The van der Waals surface area contributed by atoms with E-state index in [1.54, 1.807) is 24.1 Å². The molecule has 1 amide bonds. The van der Waals surface area contributed by atoms with Crippen LogP contribution in [0, 0.1) is 5.82 Å². The summed E-state index contributed by atoms with van der Waals surface area (Å²) in [6.07, 6.45) is 0.333. The molecule has 2 aromatic rings. The number of halogens is 1. The van der Waals surface area contributed by atoms with Crippen LogP contribution in [-0.2, 0) is 17.0 Å². The van der Waals surface area contributed by atoms with Gasteiger partial charge in [0.2, 0.25) is 5.91 Å². The molecule has 0 spiro atoms. The first-order valence-corrected chi connectivity index (χ1v) is 8.99. The van der Waals surface area contributed by atoms with E-state index in [0.29, 0.717) is 25.3 Å². The summed E-state index contributed by atoms with van der Waals surface area (Å²) >= 11 is 1.51. The number of aliphatic imine (C=N–C) groups is 1. The number of amidine groups is 1. The van der Waals surface area contributed by atoms with Crippen molar-refractivity contribution < 1.29 is 13.9 Å². The summed E-state index contributed by atoms with van der Waals surface area (Å²) < 4.78 is 18.1. The maximum absolute atomic E-state index is 13.0. The molecular formula is C19H19FN2O2S. The summed E-state index contributed by atoms with van der Waals surface area (Å²) in [6.45, 7) is 1.24. The van der Waals surface area contributed by atoms with Crippen LogP contribution in [0.1, 0.15) is 11.1 Å². The number of benzene rings is 2. The van der Waals surface area contributed by atoms with E-state index in [9.17, 15) is 9.18 Å². The van der Waals surface area contributed by atoms with Crippen LogP contribution in [0.25, 0.3) is 0 Å². The molecule has 0 fully saturated rings. The van der Waals surface area contributed by atoms with Crippen LogP contribution >= 0.6 is 11.8 Å². The van der Waals surface area contributed by atoms with Crippen molar-refractivity contribution in [1.29, 1.82) is 0 Å². The van der Waals surface area contributed by atoms with Gasteiger partial charge in [0.25, 0.3) is 0 Å². The van der Waals surface area contributed by atoms with Gasteiger partial charge < -0.3 is 4.74 Å². The number of methoxy groups -OCH3 is 1. The monoisotopic (exact) mass is 358 g/mol. The molecule has 0 atom stereocenters. The molecule has 0 bridgehead atoms. The maximum Gasteiger partial charge on any atom is 0.233 e. The van der Waals surface area contributed by atoms with Crippen LogP contribution < -0.4 is 4.74 Å². The molecule has 25 heavy (non-hydrogen) atoms. The van der Waals surface area contributed by atoms with Gasteiger partial charge in [-0.05, 0) is 35.4 Å². The quantitative estimate of drug-likeness (QED) is 0.821. The molecular weight excluding hydrogens is 339 g/mol. The van der Waals surface area contributed by atoms with E-state index in [0.717, 1.165) is 22.0 Å². The first-order valence-electron chi connectivity index (χ1n) is 8.00.